The molecule has 1 fully saturated rings. The van der Waals surface area contributed by atoms with Gasteiger partial charge in [0.1, 0.15) is 17.7 Å². The Morgan fingerprint density at radius 1 is 1.61 bits per heavy atom. The highest BCUT2D eigenvalue weighted by molar-refractivity contribution is 6.30. The van der Waals surface area contributed by atoms with Crippen LogP contribution in [-0.2, 0) is 4.79 Å². The zero-order chi connectivity index (χ0) is 13.3. The Hall–Kier alpha value is -1.33. The van der Waals surface area contributed by atoms with Crippen molar-refractivity contribution in [2.45, 2.75) is 12.1 Å². The molecule has 0 aromatic heterocycles. The summed E-state index contributed by atoms with van der Waals surface area (Å²) in [5.41, 5.74) is 5.24. The Kier molecular flexibility index (Phi) is 3.73. The summed E-state index contributed by atoms with van der Waals surface area (Å²) in [5.74, 6) is -0.588. The largest absolute Gasteiger partial charge is 0.489 e. The molecule has 4 nitrogen and oxygen atoms in total. The summed E-state index contributed by atoms with van der Waals surface area (Å²) in [5, 5.41) is 0.0462. The minimum Gasteiger partial charge on any atom is -0.489 e. The van der Waals surface area contributed by atoms with Crippen molar-refractivity contribution < 1.29 is 13.9 Å². The number of benzene rings is 1. The summed E-state index contributed by atoms with van der Waals surface area (Å²) in [7, 11) is 1.78. The first-order chi connectivity index (χ1) is 8.47. The molecular weight excluding hydrogens is 259 g/mol. The third-order valence-electron chi connectivity index (χ3n) is 2.81. The number of hydrogen-bond acceptors (Lipinski definition) is 3. The molecule has 1 amide bonds. The van der Waals surface area contributed by atoms with Crippen molar-refractivity contribution in [3.05, 3.63) is 35.5 Å². The number of primary amides is 1. The summed E-state index contributed by atoms with van der Waals surface area (Å²) >= 11 is 5.58. The summed E-state index contributed by atoms with van der Waals surface area (Å²) in [6, 6.07) is 3.77. The van der Waals surface area contributed by atoms with E-state index in [0.717, 1.165) is 0 Å². The molecule has 0 bridgehead atoms. The molecule has 1 aliphatic heterocycles. The normalized spacial score (nSPS) is 24.2. The number of carbonyl (C=O) groups excluding carboxylic acids is 1. The molecule has 97 valence electrons. The van der Waals surface area contributed by atoms with E-state index in [-0.39, 0.29) is 11.1 Å². The SMILES string of the molecule is CN1CC(Oc2ccc(Cl)c(F)c2)[CH]C1C(N)=O. The summed E-state index contributed by atoms with van der Waals surface area (Å²) in [4.78, 5) is 12.9. The second-order valence-electron chi connectivity index (χ2n) is 4.21. The van der Waals surface area contributed by atoms with Crippen LogP contribution in [0.2, 0.25) is 5.02 Å². The Labute approximate surface area is 109 Å². The fourth-order valence-electron chi connectivity index (χ4n) is 1.92. The van der Waals surface area contributed by atoms with Crippen LogP contribution in [0.15, 0.2) is 18.2 Å². The number of ether oxygens (including phenoxy) is 1. The van der Waals surface area contributed by atoms with Gasteiger partial charge in [0.2, 0.25) is 5.91 Å². The third-order valence-corrected chi connectivity index (χ3v) is 3.12. The van der Waals surface area contributed by atoms with Gasteiger partial charge in [-0.3, -0.25) is 9.69 Å². The first kappa shape index (κ1) is 13.1. The van der Waals surface area contributed by atoms with Gasteiger partial charge in [-0.05, 0) is 19.2 Å². The maximum absolute atomic E-state index is 13.2. The Balaban J connectivity index is 2.03. The van der Waals surface area contributed by atoms with Crippen LogP contribution in [0.3, 0.4) is 0 Å². The number of nitrogens with two attached hydrogens (primary N) is 1. The van der Waals surface area contributed by atoms with Crippen molar-refractivity contribution in [1.29, 1.82) is 0 Å². The van der Waals surface area contributed by atoms with E-state index >= 15 is 0 Å². The topological polar surface area (TPSA) is 55.6 Å². The number of nitrogens with zero attached hydrogens (tertiary/aromatic N) is 1. The maximum Gasteiger partial charge on any atom is 0.235 e. The van der Waals surface area contributed by atoms with Gasteiger partial charge in [0.05, 0.1) is 11.1 Å². The number of likely N-dealkylation sites (N-methyl/N-ethyl adjacent to an activating group) is 1. The molecule has 6 heteroatoms. The van der Waals surface area contributed by atoms with Crippen LogP contribution in [0.4, 0.5) is 4.39 Å². The molecule has 2 rings (SSSR count). The van der Waals surface area contributed by atoms with E-state index < -0.39 is 17.8 Å². The first-order valence-electron chi connectivity index (χ1n) is 5.43. The van der Waals surface area contributed by atoms with Gasteiger partial charge >= 0.3 is 0 Å². The van der Waals surface area contributed by atoms with Crippen molar-refractivity contribution in [2.75, 3.05) is 13.6 Å². The second kappa shape index (κ2) is 5.12. The number of likely N-dealkylation sites (tertiary alicyclic amines) is 1. The predicted molar refractivity (Wildman–Crippen MR) is 65.7 cm³/mol. The van der Waals surface area contributed by atoms with Crippen LogP contribution in [-0.4, -0.2) is 36.5 Å². The third kappa shape index (κ3) is 2.73. The number of hydrogen-bond donors (Lipinski definition) is 1. The van der Waals surface area contributed by atoms with Crippen LogP contribution < -0.4 is 10.5 Å². The first-order valence-corrected chi connectivity index (χ1v) is 5.81. The standard InChI is InChI=1S/C12H13ClFN2O2/c1-16-6-8(5-11(16)12(15)17)18-7-2-3-9(13)10(14)4-7/h2-5,8,11H,6H2,1H3,(H2,15,17). The Morgan fingerprint density at radius 2 is 2.33 bits per heavy atom. The van der Waals surface area contributed by atoms with Gasteiger partial charge < -0.3 is 10.5 Å². The lowest BCUT2D eigenvalue weighted by Crippen LogP contribution is -2.37. The van der Waals surface area contributed by atoms with Crippen molar-refractivity contribution in [3.63, 3.8) is 0 Å². The van der Waals surface area contributed by atoms with Crippen molar-refractivity contribution in [3.8, 4) is 5.75 Å². The van der Waals surface area contributed by atoms with E-state index in [0.29, 0.717) is 12.3 Å². The highest BCUT2D eigenvalue weighted by atomic mass is 35.5. The van der Waals surface area contributed by atoms with E-state index in [9.17, 15) is 9.18 Å². The molecule has 1 heterocycles. The van der Waals surface area contributed by atoms with Gasteiger partial charge in [0.15, 0.2) is 0 Å². The quantitative estimate of drug-likeness (QED) is 0.900. The van der Waals surface area contributed by atoms with Crippen LogP contribution in [0, 0.1) is 12.2 Å². The van der Waals surface area contributed by atoms with E-state index in [1.165, 1.54) is 12.1 Å². The second-order valence-corrected chi connectivity index (χ2v) is 4.62. The van der Waals surface area contributed by atoms with Gasteiger partial charge in [-0.1, -0.05) is 11.6 Å². The lowest BCUT2D eigenvalue weighted by atomic mass is 10.2. The molecule has 1 aromatic carbocycles. The van der Waals surface area contributed by atoms with Gasteiger partial charge in [-0.25, -0.2) is 4.39 Å². The van der Waals surface area contributed by atoms with Gasteiger partial charge in [-0.2, -0.15) is 0 Å². The highest BCUT2D eigenvalue weighted by Gasteiger charge is 2.34. The van der Waals surface area contributed by atoms with E-state index in [2.05, 4.69) is 0 Å². The molecule has 0 saturated carbocycles. The Morgan fingerprint density at radius 3 is 2.89 bits per heavy atom. The predicted octanol–water partition coefficient (Wildman–Crippen LogP) is 1.23. The van der Waals surface area contributed by atoms with Crippen LogP contribution in [0.25, 0.3) is 0 Å². The van der Waals surface area contributed by atoms with Crippen LogP contribution in [0.1, 0.15) is 0 Å². The molecule has 1 radical (unpaired) electrons. The average Bonchev–Trinajstić information content (AvgIpc) is 2.65. The van der Waals surface area contributed by atoms with Gasteiger partial charge in [0, 0.05) is 19.0 Å². The van der Waals surface area contributed by atoms with Gasteiger partial charge in [-0.15, -0.1) is 0 Å². The minimum absolute atomic E-state index is 0.0462. The number of halogens is 2. The fourth-order valence-corrected chi connectivity index (χ4v) is 2.04. The molecule has 2 N–H and O–H groups in total. The van der Waals surface area contributed by atoms with E-state index in [4.69, 9.17) is 22.1 Å². The lowest BCUT2D eigenvalue weighted by molar-refractivity contribution is -0.120. The highest BCUT2D eigenvalue weighted by Crippen LogP contribution is 2.24. The van der Waals surface area contributed by atoms with E-state index in [1.807, 2.05) is 0 Å². The number of amides is 1. The average molecular weight is 272 g/mol. The maximum atomic E-state index is 13.2. The smallest absolute Gasteiger partial charge is 0.235 e. The molecule has 18 heavy (non-hydrogen) atoms. The van der Waals surface area contributed by atoms with Crippen molar-refractivity contribution in [2.24, 2.45) is 5.73 Å². The zero-order valence-corrected chi connectivity index (χ0v) is 10.5. The number of rotatable bonds is 3. The molecular formula is C12H13ClFN2O2. The van der Waals surface area contributed by atoms with Crippen LogP contribution >= 0.6 is 11.6 Å². The summed E-state index contributed by atoms with van der Waals surface area (Å²) < 4.78 is 18.8. The summed E-state index contributed by atoms with van der Waals surface area (Å²) in [6.07, 6.45) is 1.41. The van der Waals surface area contributed by atoms with Gasteiger partial charge in [0.25, 0.3) is 0 Å². The molecule has 2 unspecified atom stereocenters. The fraction of sp³-hybridized carbons (Fsp3) is 0.333. The molecule has 0 spiro atoms. The number of carbonyl (C=O) groups is 1. The minimum atomic E-state index is -0.535. The zero-order valence-electron chi connectivity index (χ0n) is 9.77. The lowest BCUT2D eigenvalue weighted by Gasteiger charge is -2.14. The molecule has 1 aliphatic rings. The van der Waals surface area contributed by atoms with Crippen LogP contribution in [0.5, 0.6) is 5.75 Å². The Bertz CT molecular complexity index is 469. The summed E-state index contributed by atoms with van der Waals surface area (Å²) in [6.45, 7) is 0.526. The molecule has 1 saturated heterocycles. The monoisotopic (exact) mass is 271 g/mol. The van der Waals surface area contributed by atoms with Crippen molar-refractivity contribution >= 4 is 17.5 Å². The molecule has 1 aromatic rings. The van der Waals surface area contributed by atoms with Crippen molar-refractivity contribution in [1.82, 2.24) is 4.90 Å². The molecule has 2 atom stereocenters. The van der Waals surface area contributed by atoms with E-state index in [1.54, 1.807) is 24.4 Å². The molecule has 0 aliphatic carbocycles.